The molecule has 7 heteroatoms. The fourth-order valence-electron chi connectivity index (χ4n) is 1.41. The van der Waals surface area contributed by atoms with E-state index in [9.17, 15) is 13.5 Å². The van der Waals surface area contributed by atoms with E-state index in [4.69, 9.17) is 5.73 Å². The van der Waals surface area contributed by atoms with E-state index in [-0.39, 0.29) is 13.1 Å². The minimum absolute atomic E-state index is 0.000863. The third-order valence-electron chi connectivity index (χ3n) is 2.78. The lowest BCUT2D eigenvalue weighted by Gasteiger charge is -2.20. The highest BCUT2D eigenvalue weighted by Crippen LogP contribution is 2.05. The molecule has 0 saturated heterocycles. The molecule has 0 bridgehead atoms. The van der Waals surface area contributed by atoms with Crippen molar-refractivity contribution in [3.8, 4) is 0 Å². The number of aliphatic hydroxyl groups is 1. The summed E-state index contributed by atoms with van der Waals surface area (Å²) in [4.78, 5) is 0. The van der Waals surface area contributed by atoms with Crippen molar-refractivity contribution in [2.75, 3.05) is 13.6 Å². The molecule has 0 spiro atoms. The van der Waals surface area contributed by atoms with Crippen molar-refractivity contribution in [3.63, 3.8) is 0 Å². The molecule has 6 nitrogen and oxygen atoms in total. The summed E-state index contributed by atoms with van der Waals surface area (Å²) in [6.07, 6.45) is -0.762. The molecule has 0 heterocycles. The van der Waals surface area contributed by atoms with E-state index < -0.39 is 22.4 Å². The van der Waals surface area contributed by atoms with E-state index in [1.807, 2.05) is 30.3 Å². The van der Waals surface area contributed by atoms with Gasteiger partial charge in [0.1, 0.15) is 0 Å². The Morgan fingerprint density at radius 1 is 1.37 bits per heavy atom. The van der Waals surface area contributed by atoms with Crippen molar-refractivity contribution >= 4 is 10.2 Å². The quantitative estimate of drug-likeness (QED) is 0.639. The summed E-state index contributed by atoms with van der Waals surface area (Å²) in [5.41, 5.74) is 6.48. The molecular formula is C12H21N3O3S. The predicted molar refractivity (Wildman–Crippen MR) is 74.5 cm³/mol. The molecule has 0 saturated carbocycles. The summed E-state index contributed by atoms with van der Waals surface area (Å²) < 4.78 is 27.5. The van der Waals surface area contributed by atoms with Gasteiger partial charge in [0.05, 0.1) is 6.10 Å². The van der Waals surface area contributed by atoms with Crippen LogP contribution < -0.4 is 10.5 Å². The summed E-state index contributed by atoms with van der Waals surface area (Å²) in [5.74, 6) is 0. The molecule has 1 aromatic rings. The van der Waals surface area contributed by atoms with Gasteiger partial charge in [-0.05, 0) is 12.5 Å². The van der Waals surface area contributed by atoms with Gasteiger partial charge in [-0.3, -0.25) is 0 Å². The van der Waals surface area contributed by atoms with E-state index in [2.05, 4.69) is 4.72 Å². The summed E-state index contributed by atoms with van der Waals surface area (Å²) in [5, 5.41) is 9.22. The summed E-state index contributed by atoms with van der Waals surface area (Å²) >= 11 is 0. The van der Waals surface area contributed by atoms with E-state index in [0.29, 0.717) is 0 Å². The van der Waals surface area contributed by atoms with Crippen molar-refractivity contribution in [2.24, 2.45) is 5.73 Å². The van der Waals surface area contributed by atoms with Crippen LogP contribution in [0.1, 0.15) is 12.5 Å². The first-order valence-corrected chi connectivity index (χ1v) is 7.45. The predicted octanol–water partition coefficient (Wildman–Crippen LogP) is -0.339. The number of nitrogens with one attached hydrogen (secondary N) is 1. The highest BCUT2D eigenvalue weighted by molar-refractivity contribution is 7.87. The fourth-order valence-corrected chi connectivity index (χ4v) is 2.35. The van der Waals surface area contributed by atoms with E-state index in [1.54, 1.807) is 0 Å². The van der Waals surface area contributed by atoms with E-state index in [0.717, 1.165) is 5.56 Å². The van der Waals surface area contributed by atoms with Crippen LogP contribution in [-0.4, -0.2) is 43.6 Å². The van der Waals surface area contributed by atoms with Crippen LogP contribution in [-0.2, 0) is 16.8 Å². The molecule has 0 aliphatic carbocycles. The Kier molecular flexibility index (Phi) is 5.89. The lowest BCUT2D eigenvalue weighted by molar-refractivity contribution is 0.164. The Morgan fingerprint density at radius 2 is 1.95 bits per heavy atom. The molecule has 1 aromatic carbocycles. The molecule has 108 valence electrons. The summed E-state index contributed by atoms with van der Waals surface area (Å²) in [7, 11) is -2.11. The number of nitrogens with two attached hydrogens (primary N) is 1. The van der Waals surface area contributed by atoms with Gasteiger partial charge in [-0.2, -0.15) is 12.7 Å². The zero-order chi connectivity index (χ0) is 14.5. The van der Waals surface area contributed by atoms with Crippen molar-refractivity contribution in [1.29, 1.82) is 0 Å². The molecule has 19 heavy (non-hydrogen) atoms. The first-order valence-electron chi connectivity index (χ1n) is 6.01. The summed E-state index contributed by atoms with van der Waals surface area (Å²) in [6, 6.07) is 8.66. The Balaban J connectivity index is 2.57. The van der Waals surface area contributed by atoms with Gasteiger partial charge in [-0.15, -0.1) is 0 Å². The van der Waals surface area contributed by atoms with Crippen LogP contribution in [0.2, 0.25) is 0 Å². The Hall–Kier alpha value is -0.990. The lowest BCUT2D eigenvalue weighted by Crippen LogP contribution is -2.47. The first-order chi connectivity index (χ1) is 8.83. The summed E-state index contributed by atoms with van der Waals surface area (Å²) in [6.45, 7) is 1.80. The van der Waals surface area contributed by atoms with Crippen molar-refractivity contribution < 1.29 is 13.5 Å². The van der Waals surface area contributed by atoms with Gasteiger partial charge in [0.15, 0.2) is 0 Å². The lowest BCUT2D eigenvalue weighted by atomic mass is 10.2. The molecule has 2 atom stereocenters. The van der Waals surface area contributed by atoms with Gasteiger partial charge < -0.3 is 10.8 Å². The molecule has 0 aliphatic rings. The zero-order valence-electron chi connectivity index (χ0n) is 11.2. The number of benzene rings is 1. The normalized spacial score (nSPS) is 15.4. The van der Waals surface area contributed by atoms with Crippen LogP contribution in [0.25, 0.3) is 0 Å². The zero-order valence-corrected chi connectivity index (χ0v) is 12.0. The smallest absolute Gasteiger partial charge is 0.279 e. The van der Waals surface area contributed by atoms with Gasteiger partial charge in [-0.1, -0.05) is 30.3 Å². The number of rotatable bonds is 7. The Labute approximate surface area is 114 Å². The standard InChI is InChI=1S/C12H21N3O3S/c1-10(16)12(13)8-14-19(17,18)15(2)9-11-6-4-3-5-7-11/h3-7,10,12,14,16H,8-9,13H2,1-2H3. The number of hydrogen-bond donors (Lipinski definition) is 3. The maximum Gasteiger partial charge on any atom is 0.279 e. The van der Waals surface area contributed by atoms with E-state index >= 15 is 0 Å². The highest BCUT2D eigenvalue weighted by Gasteiger charge is 2.19. The molecule has 0 radical (unpaired) electrons. The molecular weight excluding hydrogens is 266 g/mol. The van der Waals surface area contributed by atoms with Crippen LogP contribution in [0.3, 0.4) is 0 Å². The monoisotopic (exact) mass is 287 g/mol. The van der Waals surface area contributed by atoms with Crippen LogP contribution in [0.15, 0.2) is 30.3 Å². The first kappa shape index (κ1) is 16.1. The van der Waals surface area contributed by atoms with Crippen molar-refractivity contribution in [2.45, 2.75) is 25.6 Å². The minimum atomic E-state index is -3.59. The minimum Gasteiger partial charge on any atom is -0.392 e. The molecule has 0 fully saturated rings. The molecule has 2 unspecified atom stereocenters. The Bertz CT molecular complexity index is 476. The third-order valence-corrected chi connectivity index (χ3v) is 4.26. The van der Waals surface area contributed by atoms with Crippen molar-refractivity contribution in [1.82, 2.24) is 9.03 Å². The average Bonchev–Trinajstić information content (AvgIpc) is 2.37. The molecule has 1 rings (SSSR count). The van der Waals surface area contributed by atoms with Gasteiger partial charge >= 0.3 is 0 Å². The van der Waals surface area contributed by atoms with E-state index in [1.165, 1.54) is 18.3 Å². The van der Waals surface area contributed by atoms with Gasteiger partial charge in [0, 0.05) is 26.2 Å². The third kappa shape index (κ3) is 5.25. The van der Waals surface area contributed by atoms with Gasteiger partial charge in [-0.25, -0.2) is 4.72 Å². The van der Waals surface area contributed by atoms with Gasteiger partial charge in [0.2, 0.25) is 0 Å². The average molecular weight is 287 g/mol. The largest absolute Gasteiger partial charge is 0.392 e. The second-order valence-corrected chi connectivity index (χ2v) is 6.36. The van der Waals surface area contributed by atoms with Gasteiger partial charge in [0.25, 0.3) is 10.2 Å². The van der Waals surface area contributed by atoms with Crippen molar-refractivity contribution in [3.05, 3.63) is 35.9 Å². The molecule has 4 N–H and O–H groups in total. The van der Waals surface area contributed by atoms with Crippen LogP contribution in [0.4, 0.5) is 0 Å². The highest BCUT2D eigenvalue weighted by atomic mass is 32.2. The maximum atomic E-state index is 11.9. The second kappa shape index (κ2) is 6.97. The molecule has 0 aromatic heterocycles. The molecule has 0 aliphatic heterocycles. The number of hydrogen-bond acceptors (Lipinski definition) is 4. The number of nitrogens with zero attached hydrogens (tertiary/aromatic N) is 1. The van der Waals surface area contributed by atoms with Crippen LogP contribution in [0, 0.1) is 0 Å². The van der Waals surface area contributed by atoms with Crippen LogP contribution in [0.5, 0.6) is 0 Å². The molecule has 0 amide bonds. The number of aliphatic hydroxyl groups excluding tert-OH is 1. The van der Waals surface area contributed by atoms with Crippen LogP contribution >= 0.6 is 0 Å². The fraction of sp³-hybridized carbons (Fsp3) is 0.500. The SMILES string of the molecule is CC(O)C(N)CNS(=O)(=O)N(C)Cc1ccccc1. The topological polar surface area (TPSA) is 95.7 Å². The Morgan fingerprint density at radius 3 is 2.47 bits per heavy atom. The maximum absolute atomic E-state index is 11.9. The second-order valence-electron chi connectivity index (χ2n) is 4.50.